The SMILES string of the molecule is C=C1CCC=C1[Si](C)(C)C. The topological polar surface area (TPSA) is 0 Å². The lowest BCUT2D eigenvalue weighted by Gasteiger charge is -2.18. The number of hydrogen-bond donors (Lipinski definition) is 0. The highest BCUT2D eigenvalue weighted by Gasteiger charge is 2.23. The third kappa shape index (κ3) is 1.40. The van der Waals surface area contributed by atoms with Crippen LogP contribution in [0, 0.1) is 0 Å². The summed E-state index contributed by atoms with van der Waals surface area (Å²) in [5.41, 5.74) is 1.40. The van der Waals surface area contributed by atoms with Crippen molar-refractivity contribution in [2.75, 3.05) is 0 Å². The molecule has 0 atom stereocenters. The Morgan fingerprint density at radius 1 is 1.40 bits per heavy atom. The second-order valence-corrected chi connectivity index (χ2v) is 9.05. The van der Waals surface area contributed by atoms with Gasteiger partial charge in [-0.2, -0.15) is 0 Å². The summed E-state index contributed by atoms with van der Waals surface area (Å²) in [6, 6.07) is 0. The first-order valence-corrected chi connectivity index (χ1v) is 7.40. The summed E-state index contributed by atoms with van der Waals surface area (Å²) < 4.78 is 0. The van der Waals surface area contributed by atoms with Crippen LogP contribution in [-0.2, 0) is 0 Å². The Morgan fingerprint density at radius 2 is 2.00 bits per heavy atom. The zero-order valence-corrected chi connectivity index (χ0v) is 8.20. The van der Waals surface area contributed by atoms with Crippen LogP contribution in [0.4, 0.5) is 0 Å². The Balaban J connectivity index is 2.82. The normalized spacial score (nSPS) is 19.5. The van der Waals surface area contributed by atoms with Crippen molar-refractivity contribution in [1.29, 1.82) is 0 Å². The van der Waals surface area contributed by atoms with E-state index in [1.807, 2.05) is 0 Å². The van der Waals surface area contributed by atoms with E-state index in [-0.39, 0.29) is 0 Å². The van der Waals surface area contributed by atoms with Gasteiger partial charge in [0.15, 0.2) is 0 Å². The van der Waals surface area contributed by atoms with Gasteiger partial charge in [0.1, 0.15) is 0 Å². The van der Waals surface area contributed by atoms with Crippen LogP contribution in [0.5, 0.6) is 0 Å². The number of allylic oxidation sites excluding steroid dienone is 3. The van der Waals surface area contributed by atoms with Crippen molar-refractivity contribution in [3.63, 3.8) is 0 Å². The summed E-state index contributed by atoms with van der Waals surface area (Å²) in [5, 5.41) is 1.60. The molecule has 0 saturated carbocycles. The molecule has 0 nitrogen and oxygen atoms in total. The molecule has 0 saturated heterocycles. The van der Waals surface area contributed by atoms with E-state index in [1.165, 1.54) is 18.4 Å². The van der Waals surface area contributed by atoms with Gasteiger partial charge in [0.05, 0.1) is 8.07 Å². The molecular formula is C9H16Si. The van der Waals surface area contributed by atoms with Gasteiger partial charge in [0.25, 0.3) is 0 Å². The summed E-state index contributed by atoms with van der Waals surface area (Å²) in [5.74, 6) is 0. The zero-order valence-electron chi connectivity index (χ0n) is 7.20. The summed E-state index contributed by atoms with van der Waals surface area (Å²) in [6.45, 7) is 11.2. The summed E-state index contributed by atoms with van der Waals surface area (Å²) in [6.07, 6.45) is 4.83. The average molecular weight is 152 g/mol. The molecule has 0 radical (unpaired) electrons. The molecule has 10 heavy (non-hydrogen) atoms. The van der Waals surface area contributed by atoms with Gasteiger partial charge in [-0.15, -0.1) is 0 Å². The molecule has 0 heterocycles. The summed E-state index contributed by atoms with van der Waals surface area (Å²) >= 11 is 0. The Bertz CT molecular complexity index is 181. The van der Waals surface area contributed by atoms with Crippen LogP contribution in [0.2, 0.25) is 19.6 Å². The van der Waals surface area contributed by atoms with Crippen molar-refractivity contribution in [3.05, 3.63) is 23.4 Å². The first-order valence-electron chi connectivity index (χ1n) is 3.90. The molecule has 0 unspecified atom stereocenters. The lowest BCUT2D eigenvalue weighted by Crippen LogP contribution is -2.23. The molecule has 0 fully saturated rings. The second-order valence-electron chi connectivity index (χ2n) is 4.01. The first-order chi connectivity index (χ1) is 4.52. The minimum Gasteiger partial charge on any atom is -0.0959 e. The molecule has 0 aliphatic heterocycles. The van der Waals surface area contributed by atoms with Crippen LogP contribution in [-0.4, -0.2) is 8.07 Å². The minimum absolute atomic E-state index is 1.03. The lowest BCUT2D eigenvalue weighted by atomic mass is 10.3. The third-order valence-corrected chi connectivity index (χ3v) is 4.16. The van der Waals surface area contributed by atoms with Crippen LogP contribution < -0.4 is 0 Å². The van der Waals surface area contributed by atoms with Gasteiger partial charge in [-0.1, -0.05) is 43.1 Å². The molecule has 0 aromatic heterocycles. The smallest absolute Gasteiger partial charge is 0.0775 e. The second kappa shape index (κ2) is 2.39. The zero-order chi connectivity index (χ0) is 7.78. The molecule has 0 spiro atoms. The molecule has 56 valence electrons. The lowest BCUT2D eigenvalue weighted by molar-refractivity contribution is 1.07. The highest BCUT2D eigenvalue weighted by atomic mass is 28.3. The first kappa shape index (κ1) is 7.80. The molecule has 1 rings (SSSR count). The predicted molar refractivity (Wildman–Crippen MR) is 49.8 cm³/mol. The maximum atomic E-state index is 4.07. The molecule has 0 bridgehead atoms. The highest BCUT2D eigenvalue weighted by molar-refractivity contribution is 6.84. The molecule has 1 aliphatic carbocycles. The molecule has 0 amide bonds. The van der Waals surface area contributed by atoms with Crippen LogP contribution in [0.3, 0.4) is 0 Å². The van der Waals surface area contributed by atoms with Crippen LogP contribution >= 0.6 is 0 Å². The molecular weight excluding hydrogens is 136 g/mol. The molecule has 0 aromatic carbocycles. The maximum Gasteiger partial charge on any atom is 0.0775 e. The fourth-order valence-electron chi connectivity index (χ4n) is 1.51. The number of rotatable bonds is 1. The minimum atomic E-state index is -1.03. The maximum absolute atomic E-state index is 4.07. The van der Waals surface area contributed by atoms with Crippen molar-refractivity contribution in [2.45, 2.75) is 32.5 Å². The quantitative estimate of drug-likeness (QED) is 0.506. The molecule has 0 N–H and O–H groups in total. The third-order valence-electron chi connectivity index (χ3n) is 1.98. The summed E-state index contributed by atoms with van der Waals surface area (Å²) in [7, 11) is -1.03. The van der Waals surface area contributed by atoms with Gasteiger partial charge in [-0.05, 0) is 12.8 Å². The van der Waals surface area contributed by atoms with Gasteiger partial charge >= 0.3 is 0 Å². The molecule has 1 heteroatoms. The molecule has 1 aliphatic rings. The van der Waals surface area contributed by atoms with Gasteiger partial charge in [-0.25, -0.2) is 0 Å². The Hall–Kier alpha value is -0.303. The van der Waals surface area contributed by atoms with Gasteiger partial charge < -0.3 is 0 Å². The van der Waals surface area contributed by atoms with Crippen LogP contribution in [0.15, 0.2) is 23.4 Å². The largest absolute Gasteiger partial charge is 0.0959 e. The fraction of sp³-hybridized carbons (Fsp3) is 0.556. The van der Waals surface area contributed by atoms with E-state index in [0.717, 1.165) is 0 Å². The van der Waals surface area contributed by atoms with Gasteiger partial charge in [0.2, 0.25) is 0 Å². The van der Waals surface area contributed by atoms with E-state index in [4.69, 9.17) is 0 Å². The van der Waals surface area contributed by atoms with E-state index in [9.17, 15) is 0 Å². The van der Waals surface area contributed by atoms with Crippen molar-refractivity contribution >= 4 is 8.07 Å². The van der Waals surface area contributed by atoms with Gasteiger partial charge in [-0.3, -0.25) is 0 Å². The van der Waals surface area contributed by atoms with Crippen molar-refractivity contribution in [1.82, 2.24) is 0 Å². The van der Waals surface area contributed by atoms with E-state index < -0.39 is 8.07 Å². The Labute approximate surface area is 64.7 Å². The van der Waals surface area contributed by atoms with E-state index in [2.05, 4.69) is 32.3 Å². The van der Waals surface area contributed by atoms with Crippen molar-refractivity contribution in [2.24, 2.45) is 0 Å². The standard InChI is InChI=1S/C9H16Si/c1-8-6-5-7-9(8)10(2,3)4/h7H,1,5-6H2,2-4H3. The van der Waals surface area contributed by atoms with Crippen molar-refractivity contribution < 1.29 is 0 Å². The average Bonchev–Trinajstić information content (AvgIpc) is 2.11. The van der Waals surface area contributed by atoms with Crippen LogP contribution in [0.1, 0.15) is 12.8 Å². The highest BCUT2D eigenvalue weighted by Crippen LogP contribution is 2.30. The van der Waals surface area contributed by atoms with Crippen LogP contribution in [0.25, 0.3) is 0 Å². The fourth-order valence-corrected chi connectivity index (χ4v) is 3.45. The Morgan fingerprint density at radius 3 is 2.20 bits per heavy atom. The van der Waals surface area contributed by atoms with Gasteiger partial charge in [0, 0.05) is 0 Å². The summed E-state index contributed by atoms with van der Waals surface area (Å²) in [4.78, 5) is 0. The van der Waals surface area contributed by atoms with E-state index in [1.54, 1.807) is 5.20 Å². The molecule has 0 aromatic rings. The van der Waals surface area contributed by atoms with E-state index in [0.29, 0.717) is 0 Å². The monoisotopic (exact) mass is 152 g/mol. The van der Waals surface area contributed by atoms with Crippen molar-refractivity contribution in [3.8, 4) is 0 Å². The Kier molecular flexibility index (Phi) is 1.86. The number of hydrogen-bond acceptors (Lipinski definition) is 0. The van der Waals surface area contributed by atoms with E-state index >= 15 is 0 Å². The predicted octanol–water partition coefficient (Wildman–Crippen LogP) is 3.14.